The molecule has 1 aromatic carbocycles. The number of hydrogen-bond acceptors (Lipinski definition) is 3. The lowest BCUT2D eigenvalue weighted by atomic mass is 10.1. The number of alkyl halides is 1. The van der Waals surface area contributed by atoms with E-state index in [0.29, 0.717) is 16.8 Å². The summed E-state index contributed by atoms with van der Waals surface area (Å²) < 4.78 is 25.0. The molecule has 0 radical (unpaired) electrons. The minimum absolute atomic E-state index is 0.299. The third-order valence-corrected chi connectivity index (χ3v) is 5.00. The number of sulfonamides is 1. The highest BCUT2D eigenvalue weighted by Crippen LogP contribution is 2.18. The summed E-state index contributed by atoms with van der Waals surface area (Å²) in [6.07, 6.45) is 1.86. The van der Waals surface area contributed by atoms with E-state index in [0.717, 1.165) is 18.5 Å². The second-order valence-corrected chi connectivity index (χ2v) is 7.07. The van der Waals surface area contributed by atoms with Crippen molar-refractivity contribution in [3.63, 3.8) is 0 Å². The Kier molecular flexibility index (Phi) is 6.10. The molecule has 0 aliphatic heterocycles. The smallest absolute Gasteiger partial charge is 0.242 e. The van der Waals surface area contributed by atoms with Crippen LogP contribution in [0.1, 0.15) is 19.8 Å². The number of benzene rings is 1. The van der Waals surface area contributed by atoms with Crippen molar-refractivity contribution in [3.8, 4) is 0 Å². The van der Waals surface area contributed by atoms with Crippen molar-refractivity contribution in [2.45, 2.75) is 30.7 Å². The van der Waals surface area contributed by atoms with Gasteiger partial charge in [0.15, 0.2) is 0 Å². The fraction of sp³-hybridized carbons (Fsp3) is 0.538. The standard InChI is InChI=1S/C13H21ClN2O2S/c1-4-11(9-10-14)15-12-5-7-13(8-6-12)19(17,18)16(2)3/h5-8,11,15H,4,9-10H2,1-3H3. The molecule has 1 atom stereocenters. The van der Waals surface area contributed by atoms with Crippen LogP contribution in [0.25, 0.3) is 0 Å². The maximum Gasteiger partial charge on any atom is 0.242 e. The molecule has 6 heteroatoms. The highest BCUT2D eigenvalue weighted by molar-refractivity contribution is 7.89. The minimum atomic E-state index is -3.35. The van der Waals surface area contributed by atoms with Gasteiger partial charge in [-0.05, 0) is 37.1 Å². The fourth-order valence-electron chi connectivity index (χ4n) is 1.68. The van der Waals surface area contributed by atoms with Crippen molar-refractivity contribution in [3.05, 3.63) is 24.3 Å². The molecule has 0 heterocycles. The summed E-state index contributed by atoms with van der Waals surface area (Å²) in [5, 5.41) is 3.34. The molecular weight excluding hydrogens is 284 g/mol. The molecule has 4 nitrogen and oxygen atoms in total. The van der Waals surface area contributed by atoms with Crippen molar-refractivity contribution in [2.24, 2.45) is 0 Å². The Morgan fingerprint density at radius 1 is 1.26 bits per heavy atom. The van der Waals surface area contributed by atoms with E-state index in [-0.39, 0.29) is 0 Å². The van der Waals surface area contributed by atoms with Gasteiger partial charge in [-0.3, -0.25) is 0 Å². The molecule has 0 fully saturated rings. The summed E-state index contributed by atoms with van der Waals surface area (Å²) in [4.78, 5) is 0.299. The minimum Gasteiger partial charge on any atom is -0.382 e. The highest BCUT2D eigenvalue weighted by Gasteiger charge is 2.16. The van der Waals surface area contributed by atoms with Gasteiger partial charge in [0, 0.05) is 31.7 Å². The zero-order valence-electron chi connectivity index (χ0n) is 11.6. The first-order valence-electron chi connectivity index (χ1n) is 6.27. The topological polar surface area (TPSA) is 49.4 Å². The first-order valence-corrected chi connectivity index (χ1v) is 8.24. The van der Waals surface area contributed by atoms with Gasteiger partial charge in [-0.15, -0.1) is 11.6 Å². The van der Waals surface area contributed by atoms with E-state index in [4.69, 9.17) is 11.6 Å². The van der Waals surface area contributed by atoms with E-state index in [1.165, 1.54) is 18.4 Å². The monoisotopic (exact) mass is 304 g/mol. The molecule has 1 N–H and O–H groups in total. The third-order valence-electron chi connectivity index (χ3n) is 2.95. The summed E-state index contributed by atoms with van der Waals surface area (Å²) in [6, 6.07) is 7.12. The number of anilines is 1. The lowest BCUT2D eigenvalue weighted by molar-refractivity contribution is 0.521. The first kappa shape index (κ1) is 16.3. The van der Waals surface area contributed by atoms with Crippen molar-refractivity contribution in [1.29, 1.82) is 0 Å². The van der Waals surface area contributed by atoms with Crippen molar-refractivity contribution < 1.29 is 8.42 Å². The van der Waals surface area contributed by atoms with Gasteiger partial charge in [-0.25, -0.2) is 12.7 Å². The molecular formula is C13H21ClN2O2S. The molecule has 0 aliphatic carbocycles. The van der Waals surface area contributed by atoms with Crippen LogP contribution in [-0.2, 0) is 10.0 Å². The van der Waals surface area contributed by atoms with E-state index in [1.807, 2.05) is 0 Å². The van der Waals surface area contributed by atoms with Crippen LogP contribution in [0.5, 0.6) is 0 Å². The van der Waals surface area contributed by atoms with E-state index < -0.39 is 10.0 Å². The van der Waals surface area contributed by atoms with Gasteiger partial charge >= 0.3 is 0 Å². The number of nitrogens with zero attached hydrogens (tertiary/aromatic N) is 1. The van der Waals surface area contributed by atoms with Gasteiger partial charge in [0.2, 0.25) is 10.0 Å². The molecule has 0 saturated carbocycles. The molecule has 1 unspecified atom stereocenters. The van der Waals surface area contributed by atoms with Crippen LogP contribution in [-0.4, -0.2) is 38.7 Å². The van der Waals surface area contributed by atoms with E-state index >= 15 is 0 Å². The molecule has 0 aliphatic rings. The van der Waals surface area contributed by atoms with Crippen LogP contribution in [0.3, 0.4) is 0 Å². The number of halogens is 1. The molecule has 0 spiro atoms. The molecule has 0 bridgehead atoms. The van der Waals surface area contributed by atoms with Crippen molar-refractivity contribution in [1.82, 2.24) is 4.31 Å². The Morgan fingerprint density at radius 3 is 2.26 bits per heavy atom. The number of rotatable bonds is 7. The average Bonchev–Trinajstić information content (AvgIpc) is 2.38. The largest absolute Gasteiger partial charge is 0.382 e. The van der Waals surface area contributed by atoms with Gasteiger partial charge in [-0.2, -0.15) is 0 Å². The van der Waals surface area contributed by atoms with Crippen LogP contribution in [0.4, 0.5) is 5.69 Å². The van der Waals surface area contributed by atoms with Gasteiger partial charge in [0.25, 0.3) is 0 Å². The van der Waals surface area contributed by atoms with Crippen LogP contribution in [0.2, 0.25) is 0 Å². The molecule has 1 aromatic rings. The predicted octanol–water partition coefficient (Wildman–Crippen LogP) is 2.76. The normalized spacial score (nSPS) is 13.5. The summed E-state index contributed by atoms with van der Waals surface area (Å²) in [5.41, 5.74) is 0.912. The second-order valence-electron chi connectivity index (χ2n) is 4.54. The molecule has 19 heavy (non-hydrogen) atoms. The molecule has 0 amide bonds. The maximum atomic E-state index is 11.9. The number of nitrogens with one attached hydrogen (secondary N) is 1. The SMILES string of the molecule is CCC(CCCl)Nc1ccc(S(=O)(=O)N(C)C)cc1. The zero-order valence-corrected chi connectivity index (χ0v) is 13.1. The third kappa shape index (κ3) is 4.37. The van der Waals surface area contributed by atoms with Crippen LogP contribution < -0.4 is 5.32 Å². The van der Waals surface area contributed by atoms with Gasteiger partial charge in [0.1, 0.15) is 0 Å². The Bertz CT molecular complexity index is 486. The van der Waals surface area contributed by atoms with Gasteiger partial charge in [-0.1, -0.05) is 6.92 Å². The molecule has 0 aromatic heterocycles. The Labute approximate surface area is 120 Å². The summed E-state index contributed by atoms with van der Waals surface area (Å²) in [6.45, 7) is 2.09. The maximum absolute atomic E-state index is 11.9. The fourth-order valence-corrected chi connectivity index (χ4v) is 2.84. The Balaban J connectivity index is 2.82. The van der Waals surface area contributed by atoms with Crippen molar-refractivity contribution >= 4 is 27.3 Å². The first-order chi connectivity index (χ1) is 8.91. The van der Waals surface area contributed by atoms with E-state index in [9.17, 15) is 8.42 Å². The average molecular weight is 305 g/mol. The quantitative estimate of drug-likeness (QED) is 0.788. The number of hydrogen-bond donors (Lipinski definition) is 1. The lowest BCUT2D eigenvalue weighted by Gasteiger charge is -2.17. The lowest BCUT2D eigenvalue weighted by Crippen LogP contribution is -2.22. The van der Waals surface area contributed by atoms with Crippen LogP contribution >= 0.6 is 11.6 Å². The van der Waals surface area contributed by atoms with Gasteiger partial charge in [0.05, 0.1) is 4.90 Å². The molecule has 1 rings (SSSR count). The van der Waals surface area contributed by atoms with Crippen LogP contribution in [0, 0.1) is 0 Å². The Morgan fingerprint density at radius 2 is 1.84 bits per heavy atom. The Hall–Kier alpha value is -0.780. The van der Waals surface area contributed by atoms with E-state index in [1.54, 1.807) is 24.3 Å². The van der Waals surface area contributed by atoms with Gasteiger partial charge < -0.3 is 5.32 Å². The highest BCUT2D eigenvalue weighted by atomic mass is 35.5. The second kappa shape index (κ2) is 7.12. The summed E-state index contributed by atoms with van der Waals surface area (Å²) in [5.74, 6) is 0.610. The van der Waals surface area contributed by atoms with Crippen LogP contribution in [0.15, 0.2) is 29.2 Å². The van der Waals surface area contributed by atoms with Crippen molar-refractivity contribution in [2.75, 3.05) is 25.3 Å². The van der Waals surface area contributed by atoms with E-state index in [2.05, 4.69) is 12.2 Å². The zero-order chi connectivity index (χ0) is 14.5. The molecule has 0 saturated heterocycles. The molecule has 108 valence electrons. The predicted molar refractivity (Wildman–Crippen MR) is 80.4 cm³/mol. The summed E-state index contributed by atoms with van der Waals surface area (Å²) >= 11 is 5.74. The summed E-state index contributed by atoms with van der Waals surface area (Å²) in [7, 11) is -0.308.